The van der Waals surface area contributed by atoms with Gasteiger partial charge in [-0.15, -0.1) is 0 Å². The van der Waals surface area contributed by atoms with Crippen LogP contribution in [0, 0.1) is 11.8 Å². The molecule has 116 valence electrons. The number of rotatable bonds is 6. The van der Waals surface area contributed by atoms with Crippen LogP contribution in [0.4, 0.5) is 0 Å². The van der Waals surface area contributed by atoms with Crippen molar-refractivity contribution in [3.8, 4) is 0 Å². The standard InChI is InChI=1S/C15H21NO4S/c1-11(13-6-4-3-5-7-13)10-21(19,20)16-8-14(9-16)12(2)15(17)18/h3-7,11-12,14H,8-10H2,1-2H3,(H,17,18). The predicted molar refractivity (Wildman–Crippen MR) is 80.5 cm³/mol. The molecule has 1 aliphatic heterocycles. The third-order valence-electron chi connectivity index (χ3n) is 4.20. The van der Waals surface area contributed by atoms with E-state index < -0.39 is 21.9 Å². The summed E-state index contributed by atoms with van der Waals surface area (Å²) in [5, 5.41) is 8.93. The Bertz CT molecular complexity index is 593. The van der Waals surface area contributed by atoms with Gasteiger partial charge in [0, 0.05) is 13.1 Å². The molecule has 0 amide bonds. The third kappa shape index (κ3) is 3.63. The molecular weight excluding hydrogens is 290 g/mol. The summed E-state index contributed by atoms with van der Waals surface area (Å²) in [6.45, 7) is 4.15. The Balaban J connectivity index is 1.94. The molecule has 2 rings (SSSR count). The molecule has 0 spiro atoms. The SMILES string of the molecule is CC(CS(=O)(=O)N1CC(C(C)C(=O)O)C1)c1ccccc1. The molecule has 1 fully saturated rings. The quantitative estimate of drug-likeness (QED) is 0.869. The summed E-state index contributed by atoms with van der Waals surface area (Å²) >= 11 is 0. The number of aliphatic carboxylic acids is 1. The number of benzene rings is 1. The number of nitrogens with zero attached hydrogens (tertiary/aromatic N) is 1. The summed E-state index contributed by atoms with van der Waals surface area (Å²) in [5.41, 5.74) is 0.997. The van der Waals surface area contributed by atoms with Crippen molar-refractivity contribution < 1.29 is 18.3 Å². The van der Waals surface area contributed by atoms with Crippen molar-refractivity contribution in [2.24, 2.45) is 11.8 Å². The Morgan fingerprint density at radius 2 is 1.86 bits per heavy atom. The fourth-order valence-electron chi connectivity index (χ4n) is 2.51. The second-order valence-corrected chi connectivity index (χ2v) is 7.81. The average molecular weight is 311 g/mol. The van der Waals surface area contributed by atoms with E-state index in [4.69, 9.17) is 5.11 Å². The number of carboxylic acids is 1. The molecule has 1 heterocycles. The first-order chi connectivity index (χ1) is 9.81. The normalized spacial score (nSPS) is 19.7. The molecule has 2 unspecified atom stereocenters. The summed E-state index contributed by atoms with van der Waals surface area (Å²) in [6, 6.07) is 9.54. The van der Waals surface area contributed by atoms with E-state index in [1.807, 2.05) is 37.3 Å². The fourth-order valence-corrected chi connectivity index (χ4v) is 4.39. The van der Waals surface area contributed by atoms with Gasteiger partial charge in [-0.3, -0.25) is 4.79 Å². The number of sulfonamides is 1. The zero-order valence-corrected chi connectivity index (χ0v) is 13.1. The van der Waals surface area contributed by atoms with Gasteiger partial charge in [-0.2, -0.15) is 0 Å². The maximum atomic E-state index is 12.3. The van der Waals surface area contributed by atoms with Crippen molar-refractivity contribution >= 4 is 16.0 Å². The first-order valence-corrected chi connectivity index (χ1v) is 8.67. The number of hydrogen-bond acceptors (Lipinski definition) is 3. The highest BCUT2D eigenvalue weighted by molar-refractivity contribution is 7.89. The molecule has 1 aromatic rings. The van der Waals surface area contributed by atoms with Gasteiger partial charge in [0.1, 0.15) is 0 Å². The average Bonchev–Trinajstić information content (AvgIpc) is 2.36. The Morgan fingerprint density at radius 1 is 1.29 bits per heavy atom. The lowest BCUT2D eigenvalue weighted by Gasteiger charge is -2.40. The summed E-state index contributed by atoms with van der Waals surface area (Å²) in [5.74, 6) is -1.46. The summed E-state index contributed by atoms with van der Waals surface area (Å²) in [6.07, 6.45) is 0. The van der Waals surface area contributed by atoms with Crippen LogP contribution in [-0.4, -0.2) is 42.6 Å². The van der Waals surface area contributed by atoms with Crippen LogP contribution in [0.5, 0.6) is 0 Å². The largest absolute Gasteiger partial charge is 0.481 e. The van der Waals surface area contributed by atoms with Crippen molar-refractivity contribution in [2.45, 2.75) is 19.8 Å². The molecule has 1 aliphatic rings. The van der Waals surface area contributed by atoms with Crippen molar-refractivity contribution in [1.29, 1.82) is 0 Å². The van der Waals surface area contributed by atoms with E-state index in [1.165, 1.54) is 4.31 Å². The second kappa shape index (κ2) is 6.15. The zero-order chi connectivity index (χ0) is 15.6. The van der Waals surface area contributed by atoms with Crippen molar-refractivity contribution in [2.75, 3.05) is 18.8 Å². The van der Waals surface area contributed by atoms with E-state index in [0.717, 1.165) is 5.56 Å². The van der Waals surface area contributed by atoms with Gasteiger partial charge in [-0.05, 0) is 17.4 Å². The van der Waals surface area contributed by atoms with Gasteiger partial charge >= 0.3 is 5.97 Å². The Morgan fingerprint density at radius 3 is 2.38 bits per heavy atom. The second-order valence-electron chi connectivity index (χ2n) is 5.79. The number of carboxylic acid groups (broad SMARTS) is 1. The Kier molecular flexibility index (Phi) is 4.68. The van der Waals surface area contributed by atoms with E-state index in [1.54, 1.807) is 6.92 Å². The van der Waals surface area contributed by atoms with Crippen LogP contribution in [-0.2, 0) is 14.8 Å². The van der Waals surface area contributed by atoms with Gasteiger partial charge in [0.05, 0.1) is 11.7 Å². The monoisotopic (exact) mass is 311 g/mol. The highest BCUT2D eigenvalue weighted by Gasteiger charge is 2.40. The molecule has 0 radical (unpaired) electrons. The fraction of sp³-hybridized carbons (Fsp3) is 0.533. The van der Waals surface area contributed by atoms with Crippen LogP contribution < -0.4 is 0 Å². The van der Waals surface area contributed by atoms with Gasteiger partial charge in [0.2, 0.25) is 10.0 Å². The molecule has 1 saturated heterocycles. The van der Waals surface area contributed by atoms with Crippen LogP contribution in [0.25, 0.3) is 0 Å². The molecule has 0 saturated carbocycles. The Labute approximate surface area is 125 Å². The highest BCUT2D eigenvalue weighted by Crippen LogP contribution is 2.28. The lowest BCUT2D eigenvalue weighted by molar-refractivity contribution is -0.144. The van der Waals surface area contributed by atoms with E-state index in [2.05, 4.69) is 0 Å². The minimum Gasteiger partial charge on any atom is -0.481 e. The molecule has 1 N–H and O–H groups in total. The highest BCUT2D eigenvalue weighted by atomic mass is 32.2. The first-order valence-electron chi connectivity index (χ1n) is 7.07. The molecule has 21 heavy (non-hydrogen) atoms. The summed E-state index contributed by atoms with van der Waals surface area (Å²) in [7, 11) is -3.32. The van der Waals surface area contributed by atoms with Crippen molar-refractivity contribution in [3.63, 3.8) is 0 Å². The van der Waals surface area contributed by atoms with E-state index in [9.17, 15) is 13.2 Å². The minimum atomic E-state index is -3.32. The molecule has 0 aliphatic carbocycles. The van der Waals surface area contributed by atoms with Gasteiger partial charge in [-0.25, -0.2) is 12.7 Å². The van der Waals surface area contributed by atoms with Gasteiger partial charge in [0.25, 0.3) is 0 Å². The predicted octanol–water partition coefficient (Wildman–Crippen LogP) is 1.77. The lowest BCUT2D eigenvalue weighted by Crippen LogP contribution is -2.54. The lowest BCUT2D eigenvalue weighted by atomic mass is 9.89. The smallest absolute Gasteiger partial charge is 0.306 e. The van der Waals surface area contributed by atoms with Crippen molar-refractivity contribution in [1.82, 2.24) is 4.31 Å². The molecule has 1 aromatic carbocycles. The van der Waals surface area contributed by atoms with E-state index in [0.29, 0.717) is 13.1 Å². The van der Waals surface area contributed by atoms with Crippen LogP contribution in [0.2, 0.25) is 0 Å². The van der Waals surface area contributed by atoms with Gasteiger partial charge in [-0.1, -0.05) is 44.2 Å². The zero-order valence-electron chi connectivity index (χ0n) is 12.3. The van der Waals surface area contributed by atoms with Gasteiger partial charge in [0.15, 0.2) is 0 Å². The molecule has 6 heteroatoms. The summed E-state index contributed by atoms with van der Waals surface area (Å²) in [4.78, 5) is 10.9. The van der Waals surface area contributed by atoms with E-state index >= 15 is 0 Å². The Hall–Kier alpha value is -1.40. The van der Waals surface area contributed by atoms with Crippen LogP contribution in [0.3, 0.4) is 0 Å². The first kappa shape index (κ1) is 16.0. The molecular formula is C15H21NO4S. The topological polar surface area (TPSA) is 74.7 Å². The third-order valence-corrected chi connectivity index (χ3v) is 6.20. The van der Waals surface area contributed by atoms with E-state index in [-0.39, 0.29) is 17.6 Å². The maximum Gasteiger partial charge on any atom is 0.306 e. The minimum absolute atomic E-state index is 0.0607. The van der Waals surface area contributed by atoms with Gasteiger partial charge < -0.3 is 5.11 Å². The van der Waals surface area contributed by atoms with Crippen LogP contribution in [0.15, 0.2) is 30.3 Å². The number of carbonyl (C=O) groups is 1. The molecule has 0 aromatic heterocycles. The summed E-state index contributed by atoms with van der Waals surface area (Å²) < 4.78 is 26.0. The van der Waals surface area contributed by atoms with Crippen LogP contribution in [0.1, 0.15) is 25.3 Å². The molecule has 5 nitrogen and oxygen atoms in total. The maximum absolute atomic E-state index is 12.3. The number of hydrogen-bond donors (Lipinski definition) is 1. The van der Waals surface area contributed by atoms with Crippen molar-refractivity contribution in [3.05, 3.63) is 35.9 Å². The molecule has 0 bridgehead atoms. The van der Waals surface area contributed by atoms with Crippen LogP contribution >= 0.6 is 0 Å². The molecule has 2 atom stereocenters.